The van der Waals surface area contributed by atoms with Crippen molar-refractivity contribution in [2.75, 3.05) is 0 Å². The molecule has 0 saturated heterocycles. The zero-order chi connectivity index (χ0) is 18.3. The third-order valence-electron chi connectivity index (χ3n) is 4.43. The van der Waals surface area contributed by atoms with E-state index in [1.807, 2.05) is 24.3 Å². The van der Waals surface area contributed by atoms with Crippen LogP contribution in [0, 0.1) is 0 Å². The maximum atomic E-state index is 11.3. The standard InChI is InChI=1S/C19H17N3O3S/c20-17(23)10-22-9-16(18(24)25)26-19(22)21-15-8-7-12(11-5-6-11)13-3-1-2-4-14(13)15/h1-4,7-9,11H,5-6,10H2,(H2,20,23)(H,24,25). The second-order valence-corrected chi connectivity index (χ2v) is 7.39. The molecule has 1 aliphatic rings. The zero-order valence-corrected chi connectivity index (χ0v) is 14.7. The first kappa shape index (κ1) is 16.5. The average Bonchev–Trinajstić information content (AvgIpc) is 3.37. The van der Waals surface area contributed by atoms with E-state index in [-0.39, 0.29) is 11.4 Å². The highest BCUT2D eigenvalue weighted by molar-refractivity contribution is 7.11. The number of nitrogens with zero attached hydrogens (tertiary/aromatic N) is 2. The Morgan fingerprint density at radius 2 is 1.92 bits per heavy atom. The Morgan fingerprint density at radius 1 is 1.19 bits per heavy atom. The number of carboxylic acid groups (broad SMARTS) is 1. The quantitative estimate of drug-likeness (QED) is 0.725. The van der Waals surface area contributed by atoms with E-state index in [2.05, 4.69) is 17.1 Å². The van der Waals surface area contributed by atoms with E-state index in [1.54, 1.807) is 0 Å². The summed E-state index contributed by atoms with van der Waals surface area (Å²) in [6, 6.07) is 12.2. The topological polar surface area (TPSA) is 97.7 Å². The van der Waals surface area contributed by atoms with Gasteiger partial charge in [-0.15, -0.1) is 0 Å². The van der Waals surface area contributed by atoms with Crippen LogP contribution in [-0.4, -0.2) is 21.6 Å². The maximum absolute atomic E-state index is 11.3. The first-order valence-electron chi connectivity index (χ1n) is 8.31. The van der Waals surface area contributed by atoms with E-state index in [9.17, 15) is 14.7 Å². The van der Waals surface area contributed by atoms with Gasteiger partial charge in [0.2, 0.25) is 5.91 Å². The zero-order valence-electron chi connectivity index (χ0n) is 13.9. The van der Waals surface area contributed by atoms with Crippen molar-refractivity contribution in [2.24, 2.45) is 10.7 Å². The fourth-order valence-corrected chi connectivity index (χ4v) is 3.95. The third kappa shape index (κ3) is 3.13. The molecule has 1 heterocycles. The molecule has 1 aliphatic carbocycles. The highest BCUT2D eigenvalue weighted by atomic mass is 32.1. The molecule has 132 valence electrons. The van der Waals surface area contributed by atoms with Crippen LogP contribution in [0.4, 0.5) is 5.69 Å². The average molecular weight is 367 g/mol. The van der Waals surface area contributed by atoms with Gasteiger partial charge in [-0.25, -0.2) is 9.79 Å². The minimum Gasteiger partial charge on any atom is -0.477 e. The summed E-state index contributed by atoms with van der Waals surface area (Å²) in [5.74, 6) is -0.979. The van der Waals surface area contributed by atoms with Gasteiger partial charge in [-0.05, 0) is 35.8 Å². The van der Waals surface area contributed by atoms with Crippen LogP contribution in [0.5, 0.6) is 0 Å². The summed E-state index contributed by atoms with van der Waals surface area (Å²) in [6.07, 6.45) is 3.83. The van der Waals surface area contributed by atoms with Crippen molar-refractivity contribution < 1.29 is 14.7 Å². The number of hydrogen-bond acceptors (Lipinski definition) is 4. The number of benzene rings is 2. The molecule has 1 aromatic heterocycles. The second kappa shape index (κ2) is 6.42. The molecule has 0 bridgehead atoms. The predicted molar refractivity (Wildman–Crippen MR) is 99.6 cm³/mol. The van der Waals surface area contributed by atoms with E-state index >= 15 is 0 Å². The van der Waals surface area contributed by atoms with Crippen molar-refractivity contribution in [3.8, 4) is 0 Å². The lowest BCUT2D eigenvalue weighted by Crippen LogP contribution is -2.24. The summed E-state index contributed by atoms with van der Waals surface area (Å²) in [4.78, 5) is 27.8. The lowest BCUT2D eigenvalue weighted by atomic mass is 10.00. The summed E-state index contributed by atoms with van der Waals surface area (Å²) in [7, 11) is 0. The highest BCUT2D eigenvalue weighted by Gasteiger charge is 2.25. The Morgan fingerprint density at radius 3 is 2.58 bits per heavy atom. The van der Waals surface area contributed by atoms with Gasteiger partial charge < -0.3 is 15.4 Å². The van der Waals surface area contributed by atoms with Gasteiger partial charge in [0.15, 0.2) is 4.80 Å². The Labute approximate surface area is 153 Å². The number of carbonyl (C=O) groups is 2. The van der Waals surface area contributed by atoms with Gasteiger partial charge in [0.25, 0.3) is 0 Å². The molecule has 6 nitrogen and oxygen atoms in total. The van der Waals surface area contributed by atoms with Crippen molar-refractivity contribution in [3.05, 3.63) is 57.8 Å². The monoisotopic (exact) mass is 367 g/mol. The Bertz CT molecular complexity index is 1090. The number of carbonyl (C=O) groups excluding carboxylic acids is 1. The Balaban J connectivity index is 1.90. The number of aromatic nitrogens is 1. The van der Waals surface area contributed by atoms with Gasteiger partial charge in [0.1, 0.15) is 11.4 Å². The van der Waals surface area contributed by atoms with Gasteiger partial charge in [0.05, 0.1) is 5.69 Å². The van der Waals surface area contributed by atoms with Crippen LogP contribution in [0.15, 0.2) is 47.6 Å². The molecule has 7 heteroatoms. The van der Waals surface area contributed by atoms with Crippen molar-refractivity contribution in [2.45, 2.75) is 25.3 Å². The second-order valence-electron chi connectivity index (χ2n) is 6.38. The number of primary amides is 1. The van der Waals surface area contributed by atoms with Crippen LogP contribution in [-0.2, 0) is 11.3 Å². The van der Waals surface area contributed by atoms with E-state index < -0.39 is 11.9 Å². The summed E-state index contributed by atoms with van der Waals surface area (Å²) in [6.45, 7) is -0.110. The Hall–Kier alpha value is -2.93. The van der Waals surface area contributed by atoms with Crippen LogP contribution in [0.1, 0.15) is 34.0 Å². The van der Waals surface area contributed by atoms with Crippen LogP contribution in [0.3, 0.4) is 0 Å². The molecule has 0 spiro atoms. The molecule has 2 aromatic carbocycles. The van der Waals surface area contributed by atoms with Gasteiger partial charge in [-0.3, -0.25) is 4.79 Å². The minimum atomic E-state index is -1.05. The number of hydrogen-bond donors (Lipinski definition) is 2. The summed E-state index contributed by atoms with van der Waals surface area (Å²) < 4.78 is 1.49. The van der Waals surface area contributed by atoms with Crippen LogP contribution in [0.2, 0.25) is 0 Å². The number of thiazole rings is 1. The molecule has 0 unspecified atom stereocenters. The Kier molecular flexibility index (Phi) is 4.08. The molecule has 1 saturated carbocycles. The largest absolute Gasteiger partial charge is 0.477 e. The lowest BCUT2D eigenvalue weighted by Gasteiger charge is -2.08. The van der Waals surface area contributed by atoms with Crippen LogP contribution < -0.4 is 10.5 Å². The third-order valence-corrected chi connectivity index (χ3v) is 5.43. The fourth-order valence-electron chi connectivity index (χ4n) is 3.10. The van der Waals surface area contributed by atoms with E-state index in [0.29, 0.717) is 10.7 Å². The molecule has 1 amide bonds. The molecular formula is C19H17N3O3S. The minimum absolute atomic E-state index is 0.110. The normalized spacial score (nSPS) is 14.7. The summed E-state index contributed by atoms with van der Waals surface area (Å²) in [5, 5.41) is 11.4. The summed E-state index contributed by atoms with van der Waals surface area (Å²) in [5.41, 5.74) is 7.37. The van der Waals surface area contributed by atoms with Gasteiger partial charge >= 0.3 is 5.97 Å². The smallest absolute Gasteiger partial charge is 0.347 e. The SMILES string of the molecule is NC(=O)Cn1cc(C(=O)O)sc1=Nc1ccc(C2CC2)c2ccccc12. The number of carboxylic acids is 1. The van der Waals surface area contributed by atoms with E-state index in [0.717, 1.165) is 22.4 Å². The van der Waals surface area contributed by atoms with E-state index in [4.69, 9.17) is 5.73 Å². The summed E-state index contributed by atoms with van der Waals surface area (Å²) >= 11 is 1.02. The molecule has 3 N–H and O–H groups in total. The number of rotatable bonds is 5. The predicted octanol–water partition coefficient (Wildman–Crippen LogP) is 3.00. The van der Waals surface area contributed by atoms with Crippen LogP contribution in [0.25, 0.3) is 10.8 Å². The van der Waals surface area contributed by atoms with Crippen molar-refractivity contribution in [1.82, 2.24) is 4.57 Å². The van der Waals surface area contributed by atoms with Gasteiger partial charge in [0, 0.05) is 11.6 Å². The molecule has 3 aromatic rings. The van der Waals surface area contributed by atoms with Crippen molar-refractivity contribution in [3.63, 3.8) is 0 Å². The molecule has 0 aliphatic heterocycles. The molecule has 0 radical (unpaired) electrons. The number of nitrogens with two attached hydrogens (primary N) is 1. The molecule has 0 atom stereocenters. The van der Waals surface area contributed by atoms with Crippen LogP contribution >= 0.6 is 11.3 Å². The van der Waals surface area contributed by atoms with Gasteiger partial charge in [-0.1, -0.05) is 41.7 Å². The molecule has 26 heavy (non-hydrogen) atoms. The first-order valence-corrected chi connectivity index (χ1v) is 9.13. The number of amides is 1. The highest BCUT2D eigenvalue weighted by Crippen LogP contribution is 2.44. The fraction of sp³-hybridized carbons (Fsp3) is 0.211. The molecular weight excluding hydrogens is 350 g/mol. The molecule has 1 fully saturated rings. The van der Waals surface area contributed by atoms with Crippen molar-refractivity contribution in [1.29, 1.82) is 0 Å². The maximum Gasteiger partial charge on any atom is 0.347 e. The number of aromatic carboxylic acids is 1. The van der Waals surface area contributed by atoms with E-state index in [1.165, 1.54) is 34.6 Å². The lowest BCUT2D eigenvalue weighted by molar-refractivity contribution is -0.118. The molecule has 4 rings (SSSR count). The van der Waals surface area contributed by atoms with Crippen molar-refractivity contribution >= 4 is 39.7 Å². The number of fused-ring (bicyclic) bond motifs is 1. The first-order chi connectivity index (χ1) is 12.5. The van der Waals surface area contributed by atoms with Gasteiger partial charge in [-0.2, -0.15) is 0 Å².